The van der Waals surface area contributed by atoms with Gasteiger partial charge in [-0.25, -0.2) is 0 Å². The lowest BCUT2D eigenvalue weighted by Crippen LogP contribution is -2.20. The van der Waals surface area contributed by atoms with E-state index in [2.05, 4.69) is 34.6 Å². The Bertz CT molecular complexity index is 484. The molecule has 1 aromatic carbocycles. The highest BCUT2D eigenvalue weighted by molar-refractivity contribution is 5.93. The fraction of sp³-hybridized carbons (Fsp3) is 0.357. The maximum absolute atomic E-state index is 4.15. The minimum atomic E-state index is 0.886. The van der Waals surface area contributed by atoms with Gasteiger partial charge >= 0.3 is 0 Å². The van der Waals surface area contributed by atoms with E-state index < -0.39 is 0 Å². The van der Waals surface area contributed by atoms with Gasteiger partial charge in [-0.05, 0) is 30.9 Å². The number of hydrogen-bond acceptors (Lipinski definition) is 2. The van der Waals surface area contributed by atoms with Gasteiger partial charge < -0.3 is 5.32 Å². The third-order valence-corrected chi connectivity index (χ3v) is 3.49. The van der Waals surface area contributed by atoms with E-state index in [-0.39, 0.29) is 0 Å². The average Bonchev–Trinajstić information content (AvgIpc) is 2.27. The Morgan fingerprint density at radius 2 is 2.19 bits per heavy atom. The van der Waals surface area contributed by atoms with Crippen LogP contribution in [0.1, 0.15) is 19.3 Å². The van der Waals surface area contributed by atoms with Crippen molar-refractivity contribution in [2.45, 2.75) is 19.3 Å². The molecule has 0 saturated heterocycles. The van der Waals surface area contributed by atoms with Crippen LogP contribution in [0.15, 0.2) is 36.7 Å². The molecule has 82 valence electrons. The molecule has 1 fully saturated rings. The quantitative estimate of drug-likeness (QED) is 0.843. The SMILES string of the molecule is c1cc(NCC2CCC2)c2ccncc2c1. The number of nitrogens with one attached hydrogen (secondary N) is 1. The standard InChI is InChI=1S/C14H16N2/c1-3-11(4-1)9-16-14-6-2-5-12-10-15-8-7-13(12)14/h2,5-8,10-11,16H,1,3-4,9H2. The lowest BCUT2D eigenvalue weighted by molar-refractivity contribution is 0.333. The van der Waals surface area contributed by atoms with E-state index in [1.165, 1.54) is 35.7 Å². The highest BCUT2D eigenvalue weighted by atomic mass is 14.9. The molecule has 0 bridgehead atoms. The molecule has 0 amide bonds. The second-order valence-corrected chi connectivity index (χ2v) is 4.58. The van der Waals surface area contributed by atoms with Crippen LogP contribution in [0.3, 0.4) is 0 Å². The molecule has 2 nitrogen and oxygen atoms in total. The Morgan fingerprint density at radius 1 is 1.25 bits per heavy atom. The number of nitrogens with zero attached hydrogens (tertiary/aromatic N) is 1. The van der Waals surface area contributed by atoms with Crippen LogP contribution in [0.2, 0.25) is 0 Å². The van der Waals surface area contributed by atoms with E-state index in [0.29, 0.717) is 0 Å². The van der Waals surface area contributed by atoms with Gasteiger partial charge in [0, 0.05) is 35.4 Å². The summed E-state index contributed by atoms with van der Waals surface area (Å²) in [5.41, 5.74) is 1.24. The van der Waals surface area contributed by atoms with Crippen LogP contribution in [-0.2, 0) is 0 Å². The van der Waals surface area contributed by atoms with Gasteiger partial charge in [0.1, 0.15) is 0 Å². The van der Waals surface area contributed by atoms with Crippen molar-refractivity contribution in [1.29, 1.82) is 0 Å². The molecule has 1 aromatic heterocycles. The van der Waals surface area contributed by atoms with E-state index >= 15 is 0 Å². The van der Waals surface area contributed by atoms with Gasteiger partial charge in [-0.3, -0.25) is 4.98 Å². The maximum Gasteiger partial charge on any atom is 0.0421 e. The highest BCUT2D eigenvalue weighted by Crippen LogP contribution is 2.28. The molecule has 0 radical (unpaired) electrons. The summed E-state index contributed by atoms with van der Waals surface area (Å²) in [5, 5.41) is 6.05. The second kappa shape index (κ2) is 4.12. The number of anilines is 1. The van der Waals surface area contributed by atoms with E-state index in [0.717, 1.165) is 12.5 Å². The minimum absolute atomic E-state index is 0.886. The third kappa shape index (κ3) is 1.75. The molecule has 1 heterocycles. The number of fused-ring (bicyclic) bond motifs is 1. The monoisotopic (exact) mass is 212 g/mol. The number of pyridine rings is 1. The fourth-order valence-corrected chi connectivity index (χ4v) is 2.23. The van der Waals surface area contributed by atoms with Crippen molar-refractivity contribution in [1.82, 2.24) is 4.98 Å². The minimum Gasteiger partial charge on any atom is -0.384 e. The van der Waals surface area contributed by atoms with Crippen LogP contribution in [0.25, 0.3) is 10.8 Å². The fourth-order valence-electron chi connectivity index (χ4n) is 2.23. The van der Waals surface area contributed by atoms with Gasteiger partial charge in [0.25, 0.3) is 0 Å². The Labute approximate surface area is 95.7 Å². The summed E-state index contributed by atoms with van der Waals surface area (Å²) in [6, 6.07) is 8.43. The first-order chi connectivity index (χ1) is 7.93. The van der Waals surface area contributed by atoms with Crippen LogP contribution < -0.4 is 5.32 Å². The predicted molar refractivity (Wildman–Crippen MR) is 67.6 cm³/mol. The van der Waals surface area contributed by atoms with Crippen LogP contribution >= 0.6 is 0 Å². The van der Waals surface area contributed by atoms with Gasteiger partial charge in [0.15, 0.2) is 0 Å². The summed E-state index contributed by atoms with van der Waals surface area (Å²) in [6.07, 6.45) is 7.96. The molecular weight excluding hydrogens is 196 g/mol. The third-order valence-electron chi connectivity index (χ3n) is 3.49. The Balaban J connectivity index is 1.84. The van der Waals surface area contributed by atoms with Crippen molar-refractivity contribution >= 4 is 16.5 Å². The molecule has 1 aliphatic carbocycles. The van der Waals surface area contributed by atoms with Gasteiger partial charge in [0.2, 0.25) is 0 Å². The van der Waals surface area contributed by atoms with Crippen molar-refractivity contribution in [3.63, 3.8) is 0 Å². The lowest BCUT2D eigenvalue weighted by atomic mass is 9.85. The molecule has 0 aliphatic heterocycles. The lowest BCUT2D eigenvalue weighted by Gasteiger charge is -2.26. The van der Waals surface area contributed by atoms with Crippen molar-refractivity contribution in [3.05, 3.63) is 36.7 Å². The molecule has 16 heavy (non-hydrogen) atoms. The van der Waals surface area contributed by atoms with Crippen molar-refractivity contribution < 1.29 is 0 Å². The second-order valence-electron chi connectivity index (χ2n) is 4.58. The van der Waals surface area contributed by atoms with Gasteiger partial charge in [0.05, 0.1) is 0 Å². The zero-order valence-corrected chi connectivity index (χ0v) is 9.32. The first kappa shape index (κ1) is 9.64. The zero-order chi connectivity index (χ0) is 10.8. The topological polar surface area (TPSA) is 24.9 Å². The Kier molecular flexibility index (Phi) is 2.49. The molecule has 2 aromatic rings. The number of hydrogen-bond donors (Lipinski definition) is 1. The summed E-state index contributed by atoms with van der Waals surface area (Å²) < 4.78 is 0. The molecule has 0 atom stereocenters. The number of rotatable bonds is 3. The first-order valence-electron chi connectivity index (χ1n) is 6.00. The molecule has 1 saturated carbocycles. The Hall–Kier alpha value is -1.57. The van der Waals surface area contributed by atoms with E-state index in [4.69, 9.17) is 0 Å². The normalized spacial score (nSPS) is 16.0. The van der Waals surface area contributed by atoms with Crippen LogP contribution in [0, 0.1) is 5.92 Å². The van der Waals surface area contributed by atoms with Gasteiger partial charge in [-0.2, -0.15) is 0 Å². The predicted octanol–water partition coefficient (Wildman–Crippen LogP) is 3.45. The van der Waals surface area contributed by atoms with E-state index in [1.54, 1.807) is 0 Å². The molecule has 2 heteroatoms. The molecule has 0 unspecified atom stereocenters. The number of aromatic nitrogens is 1. The smallest absolute Gasteiger partial charge is 0.0421 e. The molecule has 3 rings (SSSR count). The largest absolute Gasteiger partial charge is 0.384 e. The molecular formula is C14H16N2. The zero-order valence-electron chi connectivity index (χ0n) is 9.32. The summed E-state index contributed by atoms with van der Waals surface area (Å²) >= 11 is 0. The van der Waals surface area contributed by atoms with Crippen molar-refractivity contribution in [3.8, 4) is 0 Å². The van der Waals surface area contributed by atoms with Gasteiger partial charge in [-0.1, -0.05) is 18.6 Å². The number of benzene rings is 1. The summed E-state index contributed by atoms with van der Waals surface area (Å²) in [5.74, 6) is 0.886. The summed E-state index contributed by atoms with van der Waals surface area (Å²) in [6.45, 7) is 1.11. The first-order valence-corrected chi connectivity index (χ1v) is 6.00. The average molecular weight is 212 g/mol. The highest BCUT2D eigenvalue weighted by Gasteiger charge is 2.16. The van der Waals surface area contributed by atoms with Crippen LogP contribution in [-0.4, -0.2) is 11.5 Å². The molecule has 1 N–H and O–H groups in total. The van der Waals surface area contributed by atoms with Crippen LogP contribution in [0.4, 0.5) is 5.69 Å². The molecule has 0 spiro atoms. The van der Waals surface area contributed by atoms with Crippen molar-refractivity contribution in [2.75, 3.05) is 11.9 Å². The Morgan fingerprint density at radius 3 is 3.00 bits per heavy atom. The maximum atomic E-state index is 4.15. The summed E-state index contributed by atoms with van der Waals surface area (Å²) in [7, 11) is 0. The van der Waals surface area contributed by atoms with E-state index in [9.17, 15) is 0 Å². The summed E-state index contributed by atoms with van der Waals surface area (Å²) in [4.78, 5) is 4.15. The van der Waals surface area contributed by atoms with Gasteiger partial charge in [-0.15, -0.1) is 0 Å². The van der Waals surface area contributed by atoms with Crippen LogP contribution in [0.5, 0.6) is 0 Å². The van der Waals surface area contributed by atoms with Crippen molar-refractivity contribution in [2.24, 2.45) is 5.92 Å². The van der Waals surface area contributed by atoms with E-state index in [1.807, 2.05) is 12.4 Å². The molecule has 1 aliphatic rings.